The first-order valence-electron chi connectivity index (χ1n) is 9.20. The van der Waals surface area contributed by atoms with Crippen LogP contribution in [0.15, 0.2) is 54.9 Å². The van der Waals surface area contributed by atoms with Crippen LogP contribution in [-0.4, -0.2) is 26.6 Å². The first-order valence-corrected chi connectivity index (χ1v) is 9.20. The van der Waals surface area contributed by atoms with Crippen LogP contribution < -0.4 is 10.6 Å². The SMILES string of the molecule is CCc1c(C(=O)Nc2cccc(NC(=O)C(C)C)c2)cnn1-c1ccccn1. The lowest BCUT2D eigenvalue weighted by atomic mass is 10.1. The van der Waals surface area contributed by atoms with Crippen LogP contribution in [-0.2, 0) is 11.2 Å². The number of hydrogen-bond donors (Lipinski definition) is 2. The zero-order valence-corrected chi connectivity index (χ0v) is 16.1. The van der Waals surface area contributed by atoms with Gasteiger partial charge in [0, 0.05) is 23.5 Å². The van der Waals surface area contributed by atoms with E-state index in [1.807, 2.05) is 39.0 Å². The van der Waals surface area contributed by atoms with E-state index in [-0.39, 0.29) is 17.7 Å². The van der Waals surface area contributed by atoms with Crippen LogP contribution in [0.25, 0.3) is 5.82 Å². The average molecular weight is 377 g/mol. The number of nitrogens with zero attached hydrogens (tertiary/aromatic N) is 3. The lowest BCUT2D eigenvalue weighted by molar-refractivity contribution is -0.118. The molecule has 144 valence electrons. The molecule has 0 aliphatic heterocycles. The average Bonchev–Trinajstić information content (AvgIpc) is 3.13. The van der Waals surface area contributed by atoms with Crippen LogP contribution in [0.3, 0.4) is 0 Å². The van der Waals surface area contributed by atoms with Crippen LogP contribution in [0, 0.1) is 5.92 Å². The Balaban J connectivity index is 1.80. The molecule has 3 aromatic rings. The molecule has 2 amide bonds. The zero-order valence-electron chi connectivity index (χ0n) is 16.1. The molecule has 0 aliphatic carbocycles. The number of aromatic nitrogens is 3. The van der Waals surface area contributed by atoms with E-state index < -0.39 is 0 Å². The van der Waals surface area contributed by atoms with Crippen LogP contribution in [0.1, 0.15) is 36.8 Å². The lowest BCUT2D eigenvalue weighted by Gasteiger charge is -2.11. The van der Waals surface area contributed by atoms with E-state index in [1.54, 1.807) is 41.3 Å². The highest BCUT2D eigenvalue weighted by Gasteiger charge is 2.18. The molecule has 2 aromatic heterocycles. The molecule has 7 nitrogen and oxygen atoms in total. The van der Waals surface area contributed by atoms with Crippen LogP contribution in [0.4, 0.5) is 11.4 Å². The van der Waals surface area contributed by atoms with Gasteiger partial charge in [-0.1, -0.05) is 32.9 Å². The molecular weight excluding hydrogens is 354 g/mol. The fourth-order valence-electron chi connectivity index (χ4n) is 2.74. The Morgan fingerprint density at radius 3 is 2.46 bits per heavy atom. The highest BCUT2D eigenvalue weighted by Crippen LogP contribution is 2.19. The van der Waals surface area contributed by atoms with Crippen LogP contribution in [0.5, 0.6) is 0 Å². The molecule has 0 unspecified atom stereocenters. The molecule has 2 heterocycles. The highest BCUT2D eigenvalue weighted by molar-refractivity contribution is 6.05. The van der Waals surface area contributed by atoms with Gasteiger partial charge in [-0.2, -0.15) is 5.10 Å². The largest absolute Gasteiger partial charge is 0.326 e. The number of benzene rings is 1. The number of rotatable bonds is 6. The Labute approximate surface area is 163 Å². The molecule has 0 saturated carbocycles. The standard InChI is InChI=1S/C21H23N5O2/c1-4-18-17(13-23-26(18)19-10-5-6-11-22-19)21(28)25-16-9-7-8-15(12-16)24-20(27)14(2)3/h5-14H,4H2,1-3H3,(H,24,27)(H,25,28). The van der Waals surface area contributed by atoms with Crippen molar-refractivity contribution in [2.75, 3.05) is 10.6 Å². The monoisotopic (exact) mass is 377 g/mol. The van der Waals surface area contributed by atoms with E-state index in [4.69, 9.17) is 0 Å². The molecule has 1 aromatic carbocycles. The van der Waals surface area contributed by atoms with E-state index in [0.717, 1.165) is 5.69 Å². The van der Waals surface area contributed by atoms with Crippen molar-refractivity contribution >= 4 is 23.2 Å². The number of hydrogen-bond acceptors (Lipinski definition) is 4. The molecule has 0 radical (unpaired) electrons. The van der Waals surface area contributed by atoms with Crippen LogP contribution in [0.2, 0.25) is 0 Å². The summed E-state index contributed by atoms with van der Waals surface area (Å²) < 4.78 is 1.67. The quantitative estimate of drug-likeness (QED) is 0.686. The fraction of sp³-hybridized carbons (Fsp3) is 0.238. The summed E-state index contributed by atoms with van der Waals surface area (Å²) in [7, 11) is 0. The van der Waals surface area contributed by atoms with Crippen LogP contribution >= 0.6 is 0 Å². The number of carbonyl (C=O) groups excluding carboxylic acids is 2. The summed E-state index contributed by atoms with van der Waals surface area (Å²) in [6.07, 6.45) is 3.87. The lowest BCUT2D eigenvalue weighted by Crippen LogP contribution is -2.18. The number of nitrogens with one attached hydrogen (secondary N) is 2. The molecule has 2 N–H and O–H groups in total. The number of pyridine rings is 1. The molecule has 0 fully saturated rings. The van der Waals surface area contributed by atoms with Gasteiger partial charge >= 0.3 is 0 Å². The number of anilines is 2. The molecule has 0 atom stereocenters. The minimum Gasteiger partial charge on any atom is -0.326 e. The van der Waals surface area contributed by atoms with Gasteiger partial charge in [0.2, 0.25) is 5.91 Å². The minimum absolute atomic E-state index is 0.0756. The van der Waals surface area contributed by atoms with Gasteiger partial charge in [0.25, 0.3) is 5.91 Å². The van der Waals surface area contributed by atoms with Crippen molar-refractivity contribution in [3.05, 3.63) is 66.1 Å². The second-order valence-electron chi connectivity index (χ2n) is 6.64. The molecule has 28 heavy (non-hydrogen) atoms. The van der Waals surface area contributed by atoms with Gasteiger partial charge in [0.05, 0.1) is 17.5 Å². The molecule has 3 rings (SSSR count). The van der Waals surface area contributed by atoms with Crippen molar-refractivity contribution in [1.82, 2.24) is 14.8 Å². The summed E-state index contributed by atoms with van der Waals surface area (Å²) in [4.78, 5) is 29.0. The van der Waals surface area contributed by atoms with E-state index in [2.05, 4.69) is 20.7 Å². The zero-order chi connectivity index (χ0) is 20.1. The van der Waals surface area contributed by atoms with Gasteiger partial charge in [-0.05, 0) is 36.8 Å². The van der Waals surface area contributed by atoms with Crippen molar-refractivity contribution in [2.45, 2.75) is 27.2 Å². The highest BCUT2D eigenvalue weighted by atomic mass is 16.2. The normalized spacial score (nSPS) is 10.7. The molecule has 7 heteroatoms. The van der Waals surface area contributed by atoms with Gasteiger partial charge < -0.3 is 10.6 Å². The van der Waals surface area contributed by atoms with Gasteiger partial charge in [0.1, 0.15) is 0 Å². The van der Waals surface area contributed by atoms with Crippen molar-refractivity contribution in [3.8, 4) is 5.82 Å². The second kappa shape index (κ2) is 8.47. The molecule has 0 aliphatic rings. The Bertz CT molecular complexity index is 979. The van der Waals surface area contributed by atoms with Crippen molar-refractivity contribution in [1.29, 1.82) is 0 Å². The van der Waals surface area contributed by atoms with Gasteiger partial charge in [-0.3, -0.25) is 9.59 Å². The Morgan fingerprint density at radius 1 is 1.07 bits per heavy atom. The Morgan fingerprint density at radius 2 is 1.82 bits per heavy atom. The number of carbonyl (C=O) groups is 2. The fourth-order valence-corrected chi connectivity index (χ4v) is 2.74. The summed E-state index contributed by atoms with van der Waals surface area (Å²) in [6, 6.07) is 12.6. The van der Waals surface area contributed by atoms with Gasteiger partial charge in [-0.15, -0.1) is 0 Å². The molecule has 0 saturated heterocycles. The second-order valence-corrected chi connectivity index (χ2v) is 6.64. The molecule has 0 bridgehead atoms. The maximum atomic E-state index is 12.8. The maximum Gasteiger partial charge on any atom is 0.259 e. The molecular formula is C21H23N5O2. The predicted octanol–water partition coefficient (Wildman–Crippen LogP) is 3.68. The minimum atomic E-state index is -0.258. The summed E-state index contributed by atoms with van der Waals surface area (Å²) in [5.41, 5.74) is 2.50. The molecule has 0 spiro atoms. The van der Waals surface area contributed by atoms with E-state index in [1.165, 1.54) is 0 Å². The summed E-state index contributed by atoms with van der Waals surface area (Å²) in [5, 5.41) is 10.0. The van der Waals surface area contributed by atoms with Crippen molar-refractivity contribution < 1.29 is 9.59 Å². The van der Waals surface area contributed by atoms with Crippen molar-refractivity contribution in [2.24, 2.45) is 5.92 Å². The topological polar surface area (TPSA) is 88.9 Å². The predicted molar refractivity (Wildman–Crippen MR) is 109 cm³/mol. The smallest absolute Gasteiger partial charge is 0.259 e. The van der Waals surface area contributed by atoms with E-state index >= 15 is 0 Å². The first-order chi connectivity index (χ1) is 13.5. The van der Waals surface area contributed by atoms with Crippen molar-refractivity contribution in [3.63, 3.8) is 0 Å². The van der Waals surface area contributed by atoms with Gasteiger partial charge in [-0.25, -0.2) is 9.67 Å². The van der Waals surface area contributed by atoms with E-state index in [9.17, 15) is 9.59 Å². The van der Waals surface area contributed by atoms with Gasteiger partial charge in [0.15, 0.2) is 5.82 Å². The van der Waals surface area contributed by atoms with E-state index in [0.29, 0.717) is 29.2 Å². The summed E-state index contributed by atoms with van der Waals surface area (Å²) >= 11 is 0. The maximum absolute atomic E-state index is 12.8. The Kier molecular flexibility index (Phi) is 5.84. The summed E-state index contributed by atoms with van der Waals surface area (Å²) in [5.74, 6) is 0.208. The first kappa shape index (κ1) is 19.3. The Hall–Kier alpha value is -3.48. The third-order valence-electron chi connectivity index (χ3n) is 4.23. The third kappa shape index (κ3) is 4.25. The third-order valence-corrected chi connectivity index (χ3v) is 4.23. The number of amides is 2. The summed E-state index contributed by atoms with van der Waals surface area (Å²) in [6.45, 7) is 5.62.